The van der Waals surface area contributed by atoms with Crippen molar-refractivity contribution in [3.63, 3.8) is 0 Å². The third kappa shape index (κ3) is 6.09. The van der Waals surface area contributed by atoms with E-state index in [1.807, 2.05) is 6.92 Å². The molecular weight excluding hydrogens is 248 g/mol. The van der Waals surface area contributed by atoms with Gasteiger partial charge in [-0.2, -0.15) is 0 Å². The van der Waals surface area contributed by atoms with E-state index in [0.29, 0.717) is 0 Å². The van der Waals surface area contributed by atoms with Crippen LogP contribution in [0.2, 0.25) is 0 Å². The number of anilines is 1. The molecule has 0 aliphatic rings. The molecule has 0 aromatic heterocycles. The van der Waals surface area contributed by atoms with E-state index < -0.39 is 0 Å². The zero-order valence-electron chi connectivity index (χ0n) is 13.0. The summed E-state index contributed by atoms with van der Waals surface area (Å²) in [5.74, 6) is 0.0634. The Hall–Kier alpha value is -1.51. The highest BCUT2D eigenvalue weighted by atomic mass is 16.2. The molecular formula is C17H28N2O. The van der Waals surface area contributed by atoms with Gasteiger partial charge >= 0.3 is 0 Å². The lowest BCUT2D eigenvalue weighted by Crippen LogP contribution is -2.37. The van der Waals surface area contributed by atoms with Crippen LogP contribution in [0.3, 0.4) is 0 Å². The number of rotatable bonds is 9. The van der Waals surface area contributed by atoms with E-state index >= 15 is 0 Å². The first-order valence-corrected chi connectivity index (χ1v) is 7.80. The molecule has 0 heterocycles. The van der Waals surface area contributed by atoms with Gasteiger partial charge in [0.15, 0.2) is 0 Å². The van der Waals surface area contributed by atoms with Crippen LogP contribution in [-0.2, 0) is 11.2 Å². The van der Waals surface area contributed by atoms with Gasteiger partial charge in [-0.3, -0.25) is 4.79 Å². The SMILES string of the molecule is CCCCNC(=O)C(C)Nc1ccc(CCCC)cc1. The number of hydrogen-bond donors (Lipinski definition) is 2. The first-order chi connectivity index (χ1) is 9.67. The molecule has 1 rings (SSSR count). The molecule has 0 aliphatic heterocycles. The summed E-state index contributed by atoms with van der Waals surface area (Å²) in [5.41, 5.74) is 2.36. The fourth-order valence-electron chi connectivity index (χ4n) is 2.01. The van der Waals surface area contributed by atoms with Crippen LogP contribution >= 0.6 is 0 Å². The quantitative estimate of drug-likeness (QED) is 0.674. The van der Waals surface area contributed by atoms with E-state index in [4.69, 9.17) is 0 Å². The Balaban J connectivity index is 2.40. The molecule has 1 unspecified atom stereocenters. The van der Waals surface area contributed by atoms with Crippen LogP contribution in [0.4, 0.5) is 5.69 Å². The molecule has 1 aromatic rings. The van der Waals surface area contributed by atoms with E-state index in [1.54, 1.807) is 0 Å². The summed E-state index contributed by atoms with van der Waals surface area (Å²) in [4.78, 5) is 11.9. The molecule has 0 bridgehead atoms. The maximum absolute atomic E-state index is 11.9. The lowest BCUT2D eigenvalue weighted by atomic mass is 10.1. The van der Waals surface area contributed by atoms with Crippen molar-refractivity contribution in [2.75, 3.05) is 11.9 Å². The fourth-order valence-corrected chi connectivity index (χ4v) is 2.01. The summed E-state index contributed by atoms with van der Waals surface area (Å²) >= 11 is 0. The number of nitrogens with one attached hydrogen (secondary N) is 2. The molecule has 3 heteroatoms. The van der Waals surface area contributed by atoms with Crippen LogP contribution in [0.15, 0.2) is 24.3 Å². The molecule has 0 radical (unpaired) electrons. The topological polar surface area (TPSA) is 41.1 Å². The summed E-state index contributed by atoms with van der Waals surface area (Å²) in [6.07, 6.45) is 5.70. The minimum Gasteiger partial charge on any atom is -0.374 e. The molecule has 0 saturated heterocycles. The summed E-state index contributed by atoms with van der Waals surface area (Å²) in [6.45, 7) is 6.98. The van der Waals surface area contributed by atoms with E-state index in [0.717, 1.165) is 31.5 Å². The third-order valence-corrected chi connectivity index (χ3v) is 3.38. The van der Waals surface area contributed by atoms with Crippen LogP contribution < -0.4 is 10.6 Å². The predicted molar refractivity (Wildman–Crippen MR) is 86.1 cm³/mol. The maximum atomic E-state index is 11.9. The Bertz CT molecular complexity index is 386. The third-order valence-electron chi connectivity index (χ3n) is 3.38. The van der Waals surface area contributed by atoms with Gasteiger partial charge in [0.1, 0.15) is 6.04 Å². The fraction of sp³-hybridized carbons (Fsp3) is 0.588. The lowest BCUT2D eigenvalue weighted by Gasteiger charge is -2.15. The molecule has 3 nitrogen and oxygen atoms in total. The van der Waals surface area contributed by atoms with Gasteiger partial charge in [-0.1, -0.05) is 38.8 Å². The normalized spacial score (nSPS) is 11.9. The smallest absolute Gasteiger partial charge is 0.242 e. The summed E-state index contributed by atoms with van der Waals surface area (Å²) < 4.78 is 0. The van der Waals surface area contributed by atoms with Crippen molar-refractivity contribution in [1.29, 1.82) is 0 Å². The minimum atomic E-state index is -0.201. The van der Waals surface area contributed by atoms with E-state index in [1.165, 1.54) is 18.4 Å². The highest BCUT2D eigenvalue weighted by Crippen LogP contribution is 2.12. The number of carbonyl (C=O) groups excluding carboxylic acids is 1. The van der Waals surface area contributed by atoms with E-state index in [9.17, 15) is 4.79 Å². The second-order valence-electron chi connectivity index (χ2n) is 5.31. The molecule has 0 aliphatic carbocycles. The van der Waals surface area contributed by atoms with Crippen LogP contribution in [0.25, 0.3) is 0 Å². The molecule has 1 atom stereocenters. The standard InChI is InChI=1S/C17H28N2O/c1-4-6-8-15-9-11-16(12-10-15)19-14(3)17(20)18-13-7-5-2/h9-12,14,19H,4-8,13H2,1-3H3,(H,18,20). The van der Waals surface area contributed by atoms with Crippen molar-refractivity contribution < 1.29 is 4.79 Å². The van der Waals surface area contributed by atoms with Crippen molar-refractivity contribution in [3.05, 3.63) is 29.8 Å². The molecule has 1 aromatic carbocycles. The highest BCUT2D eigenvalue weighted by molar-refractivity contribution is 5.84. The van der Waals surface area contributed by atoms with Gasteiger partial charge in [0, 0.05) is 12.2 Å². The van der Waals surface area contributed by atoms with Crippen molar-refractivity contribution >= 4 is 11.6 Å². The van der Waals surface area contributed by atoms with Gasteiger partial charge < -0.3 is 10.6 Å². The Morgan fingerprint density at radius 2 is 1.75 bits per heavy atom. The van der Waals surface area contributed by atoms with Gasteiger partial charge in [-0.15, -0.1) is 0 Å². The van der Waals surface area contributed by atoms with Gasteiger partial charge in [0.25, 0.3) is 0 Å². The molecule has 0 fully saturated rings. The summed E-state index contributed by atoms with van der Waals surface area (Å²) in [7, 11) is 0. The van der Waals surface area contributed by atoms with Gasteiger partial charge in [-0.25, -0.2) is 0 Å². The average molecular weight is 276 g/mol. The Kier molecular flexibility index (Phi) is 7.78. The number of aryl methyl sites for hydroxylation is 1. The first kappa shape index (κ1) is 16.5. The molecule has 2 N–H and O–H groups in total. The minimum absolute atomic E-state index is 0.0634. The monoisotopic (exact) mass is 276 g/mol. The van der Waals surface area contributed by atoms with E-state index in [-0.39, 0.29) is 11.9 Å². The Labute approximate surface area is 123 Å². The van der Waals surface area contributed by atoms with Crippen LogP contribution in [0, 0.1) is 0 Å². The number of benzene rings is 1. The molecule has 0 saturated carbocycles. The van der Waals surface area contributed by atoms with Crippen LogP contribution in [0.1, 0.15) is 52.0 Å². The number of unbranched alkanes of at least 4 members (excludes halogenated alkanes) is 2. The Morgan fingerprint density at radius 3 is 2.35 bits per heavy atom. The number of hydrogen-bond acceptors (Lipinski definition) is 2. The van der Waals surface area contributed by atoms with Crippen LogP contribution in [-0.4, -0.2) is 18.5 Å². The van der Waals surface area contributed by atoms with Crippen molar-refractivity contribution in [2.45, 2.75) is 58.9 Å². The summed E-state index contributed by atoms with van der Waals surface area (Å²) in [5, 5.41) is 6.18. The highest BCUT2D eigenvalue weighted by Gasteiger charge is 2.11. The number of carbonyl (C=O) groups is 1. The number of amides is 1. The van der Waals surface area contributed by atoms with Crippen molar-refractivity contribution in [3.8, 4) is 0 Å². The maximum Gasteiger partial charge on any atom is 0.242 e. The summed E-state index contributed by atoms with van der Waals surface area (Å²) in [6, 6.07) is 8.19. The van der Waals surface area contributed by atoms with Gasteiger partial charge in [0.2, 0.25) is 5.91 Å². The lowest BCUT2D eigenvalue weighted by molar-refractivity contribution is -0.121. The first-order valence-electron chi connectivity index (χ1n) is 7.80. The average Bonchev–Trinajstić information content (AvgIpc) is 2.46. The van der Waals surface area contributed by atoms with Gasteiger partial charge in [0.05, 0.1) is 0 Å². The van der Waals surface area contributed by atoms with Crippen LogP contribution in [0.5, 0.6) is 0 Å². The van der Waals surface area contributed by atoms with Crippen molar-refractivity contribution in [1.82, 2.24) is 5.32 Å². The second kappa shape index (κ2) is 9.40. The largest absolute Gasteiger partial charge is 0.374 e. The van der Waals surface area contributed by atoms with Crippen molar-refractivity contribution in [2.24, 2.45) is 0 Å². The molecule has 20 heavy (non-hydrogen) atoms. The predicted octanol–water partition coefficient (Wildman–Crippen LogP) is 3.75. The Morgan fingerprint density at radius 1 is 1.10 bits per heavy atom. The van der Waals surface area contributed by atoms with E-state index in [2.05, 4.69) is 48.7 Å². The molecule has 1 amide bonds. The zero-order valence-corrected chi connectivity index (χ0v) is 13.0. The van der Waals surface area contributed by atoms with Gasteiger partial charge in [-0.05, 0) is 43.9 Å². The zero-order chi connectivity index (χ0) is 14.8. The molecule has 112 valence electrons. The second-order valence-corrected chi connectivity index (χ2v) is 5.31. The molecule has 0 spiro atoms.